The molecule has 2 amide bonds. The fourth-order valence-electron chi connectivity index (χ4n) is 3.09. The Labute approximate surface area is 151 Å². The van der Waals surface area contributed by atoms with Crippen molar-refractivity contribution in [3.8, 4) is 0 Å². The normalized spacial score (nSPS) is 15.7. The number of amides is 2. The van der Waals surface area contributed by atoms with Crippen LogP contribution in [0.2, 0.25) is 0 Å². The van der Waals surface area contributed by atoms with Crippen molar-refractivity contribution in [1.29, 1.82) is 0 Å². The van der Waals surface area contributed by atoms with Crippen LogP contribution in [-0.4, -0.2) is 35.0 Å². The summed E-state index contributed by atoms with van der Waals surface area (Å²) in [6.45, 7) is 3.91. The number of aromatic nitrogens is 1. The molecule has 1 aromatic carbocycles. The van der Waals surface area contributed by atoms with Crippen molar-refractivity contribution in [2.75, 3.05) is 18.4 Å². The molecule has 5 nitrogen and oxygen atoms in total. The second-order valence-electron chi connectivity index (χ2n) is 6.61. The summed E-state index contributed by atoms with van der Waals surface area (Å²) >= 11 is 0. The van der Waals surface area contributed by atoms with Gasteiger partial charge < -0.3 is 10.6 Å². The predicted octanol–water partition coefficient (Wildman–Crippen LogP) is 3.45. The number of rotatable bonds is 4. The Bertz CT molecular complexity index is 738. The summed E-state index contributed by atoms with van der Waals surface area (Å²) in [6, 6.07) is 7.07. The summed E-state index contributed by atoms with van der Waals surface area (Å²) < 4.78 is 26.5. The SMILES string of the molecule is Cc1ccc(NC(=O)NC2CCN(Cc3cc(F)cc(F)c3)CC2)cn1. The minimum atomic E-state index is -0.557. The van der Waals surface area contributed by atoms with Gasteiger partial charge in [0.15, 0.2) is 0 Å². The molecule has 7 heteroatoms. The molecule has 3 rings (SSSR count). The third kappa shape index (κ3) is 5.23. The van der Waals surface area contributed by atoms with Crippen molar-refractivity contribution >= 4 is 11.7 Å². The second kappa shape index (κ2) is 8.23. The molecule has 26 heavy (non-hydrogen) atoms. The maximum atomic E-state index is 13.3. The zero-order valence-electron chi connectivity index (χ0n) is 14.6. The van der Waals surface area contributed by atoms with Gasteiger partial charge in [-0.3, -0.25) is 9.88 Å². The van der Waals surface area contributed by atoms with E-state index in [0.29, 0.717) is 17.8 Å². The van der Waals surface area contributed by atoms with Crippen LogP contribution >= 0.6 is 0 Å². The van der Waals surface area contributed by atoms with Crippen molar-refractivity contribution in [3.63, 3.8) is 0 Å². The Kier molecular flexibility index (Phi) is 5.78. The smallest absolute Gasteiger partial charge is 0.319 e. The van der Waals surface area contributed by atoms with E-state index in [4.69, 9.17) is 0 Å². The molecule has 1 fully saturated rings. The summed E-state index contributed by atoms with van der Waals surface area (Å²) in [5, 5.41) is 5.73. The lowest BCUT2D eigenvalue weighted by molar-refractivity contribution is 0.189. The van der Waals surface area contributed by atoms with Gasteiger partial charge in [-0.25, -0.2) is 13.6 Å². The van der Waals surface area contributed by atoms with Gasteiger partial charge in [-0.15, -0.1) is 0 Å². The number of urea groups is 1. The first-order valence-corrected chi connectivity index (χ1v) is 8.65. The van der Waals surface area contributed by atoms with Crippen LogP contribution in [-0.2, 0) is 6.54 Å². The van der Waals surface area contributed by atoms with E-state index in [-0.39, 0.29) is 12.1 Å². The number of pyridine rings is 1. The number of carbonyl (C=O) groups is 1. The van der Waals surface area contributed by atoms with Gasteiger partial charge in [0.2, 0.25) is 0 Å². The number of piperidine rings is 1. The van der Waals surface area contributed by atoms with Crippen LogP contribution < -0.4 is 10.6 Å². The van der Waals surface area contributed by atoms with E-state index in [9.17, 15) is 13.6 Å². The highest BCUT2D eigenvalue weighted by molar-refractivity contribution is 5.89. The molecule has 0 saturated carbocycles. The number of carbonyl (C=O) groups excluding carboxylic acids is 1. The van der Waals surface area contributed by atoms with Crippen molar-refractivity contribution in [2.24, 2.45) is 0 Å². The number of nitrogens with one attached hydrogen (secondary N) is 2. The lowest BCUT2D eigenvalue weighted by Gasteiger charge is -2.32. The average Bonchev–Trinajstić information content (AvgIpc) is 2.58. The number of likely N-dealkylation sites (tertiary alicyclic amines) is 1. The van der Waals surface area contributed by atoms with Crippen LogP contribution in [0.1, 0.15) is 24.1 Å². The van der Waals surface area contributed by atoms with E-state index in [1.807, 2.05) is 19.1 Å². The van der Waals surface area contributed by atoms with Crippen LogP contribution in [0.5, 0.6) is 0 Å². The highest BCUT2D eigenvalue weighted by atomic mass is 19.1. The van der Waals surface area contributed by atoms with Crippen molar-refractivity contribution in [3.05, 3.63) is 59.4 Å². The van der Waals surface area contributed by atoms with Crippen LogP contribution in [0.4, 0.5) is 19.3 Å². The Morgan fingerprint density at radius 2 is 1.88 bits per heavy atom. The Balaban J connectivity index is 1.44. The minimum Gasteiger partial charge on any atom is -0.335 e. The van der Waals surface area contributed by atoms with Gasteiger partial charge in [-0.1, -0.05) is 0 Å². The standard InChI is InChI=1S/C19H22F2N4O/c1-13-2-3-18(11-22-13)24-19(26)23-17-4-6-25(7-5-17)12-14-8-15(20)10-16(21)9-14/h2-3,8-11,17H,4-7,12H2,1H3,(H2,23,24,26). The summed E-state index contributed by atoms with van der Waals surface area (Å²) in [6.07, 6.45) is 3.20. The highest BCUT2D eigenvalue weighted by Crippen LogP contribution is 2.16. The number of hydrogen-bond donors (Lipinski definition) is 2. The third-order valence-electron chi connectivity index (χ3n) is 4.42. The van der Waals surface area contributed by atoms with E-state index in [0.717, 1.165) is 37.7 Å². The van der Waals surface area contributed by atoms with Gasteiger partial charge in [-0.05, 0) is 49.6 Å². The van der Waals surface area contributed by atoms with E-state index in [2.05, 4.69) is 20.5 Å². The highest BCUT2D eigenvalue weighted by Gasteiger charge is 2.21. The first-order chi connectivity index (χ1) is 12.5. The topological polar surface area (TPSA) is 57.3 Å². The molecule has 0 unspecified atom stereocenters. The summed E-state index contributed by atoms with van der Waals surface area (Å²) in [7, 11) is 0. The molecule has 1 aromatic heterocycles. The Morgan fingerprint density at radius 3 is 2.50 bits per heavy atom. The second-order valence-corrected chi connectivity index (χ2v) is 6.61. The van der Waals surface area contributed by atoms with E-state index in [1.165, 1.54) is 12.1 Å². The van der Waals surface area contributed by atoms with Gasteiger partial charge in [0.25, 0.3) is 0 Å². The molecular weight excluding hydrogens is 338 g/mol. The Morgan fingerprint density at radius 1 is 1.19 bits per heavy atom. The number of anilines is 1. The summed E-state index contributed by atoms with van der Waals surface area (Å²) in [4.78, 5) is 18.3. The minimum absolute atomic E-state index is 0.0777. The third-order valence-corrected chi connectivity index (χ3v) is 4.42. The molecule has 1 aliphatic heterocycles. The van der Waals surface area contributed by atoms with Crippen molar-refractivity contribution in [1.82, 2.24) is 15.2 Å². The van der Waals surface area contributed by atoms with Crippen LogP contribution in [0.3, 0.4) is 0 Å². The quantitative estimate of drug-likeness (QED) is 0.878. The van der Waals surface area contributed by atoms with Gasteiger partial charge in [0, 0.05) is 37.4 Å². The van der Waals surface area contributed by atoms with Gasteiger partial charge >= 0.3 is 6.03 Å². The lowest BCUT2D eigenvalue weighted by Crippen LogP contribution is -2.45. The first-order valence-electron chi connectivity index (χ1n) is 8.65. The number of halogens is 2. The molecule has 0 atom stereocenters. The molecule has 0 radical (unpaired) electrons. The molecule has 138 valence electrons. The van der Waals surface area contributed by atoms with Crippen LogP contribution in [0, 0.1) is 18.6 Å². The number of benzene rings is 1. The molecule has 1 saturated heterocycles. The summed E-state index contributed by atoms with van der Waals surface area (Å²) in [5.74, 6) is -1.11. The zero-order chi connectivity index (χ0) is 18.5. The van der Waals surface area contributed by atoms with E-state index in [1.54, 1.807) is 6.20 Å². The monoisotopic (exact) mass is 360 g/mol. The molecule has 2 aromatic rings. The zero-order valence-corrected chi connectivity index (χ0v) is 14.6. The van der Waals surface area contributed by atoms with Crippen molar-refractivity contribution < 1.29 is 13.6 Å². The predicted molar refractivity (Wildman–Crippen MR) is 95.8 cm³/mol. The largest absolute Gasteiger partial charge is 0.335 e. The van der Waals surface area contributed by atoms with Crippen molar-refractivity contribution in [2.45, 2.75) is 32.4 Å². The van der Waals surface area contributed by atoms with E-state index < -0.39 is 11.6 Å². The van der Waals surface area contributed by atoms with Gasteiger partial charge in [0.1, 0.15) is 11.6 Å². The maximum Gasteiger partial charge on any atom is 0.319 e. The van der Waals surface area contributed by atoms with Crippen LogP contribution in [0.15, 0.2) is 36.5 Å². The Hall–Kier alpha value is -2.54. The fraction of sp³-hybridized carbons (Fsp3) is 0.368. The molecule has 2 N–H and O–H groups in total. The number of aryl methyl sites for hydroxylation is 1. The molecule has 0 spiro atoms. The van der Waals surface area contributed by atoms with E-state index >= 15 is 0 Å². The molecule has 0 aliphatic carbocycles. The summed E-state index contributed by atoms with van der Waals surface area (Å²) in [5.41, 5.74) is 2.17. The lowest BCUT2D eigenvalue weighted by atomic mass is 10.0. The molecule has 2 heterocycles. The number of nitrogens with zero attached hydrogens (tertiary/aromatic N) is 2. The first kappa shape index (κ1) is 18.3. The number of hydrogen-bond acceptors (Lipinski definition) is 3. The molecular formula is C19H22F2N4O. The average molecular weight is 360 g/mol. The van der Waals surface area contributed by atoms with Gasteiger partial charge in [0.05, 0.1) is 11.9 Å². The molecule has 0 bridgehead atoms. The van der Waals surface area contributed by atoms with Crippen LogP contribution in [0.25, 0.3) is 0 Å². The fourth-order valence-corrected chi connectivity index (χ4v) is 3.09. The molecule has 1 aliphatic rings. The van der Waals surface area contributed by atoms with Gasteiger partial charge in [-0.2, -0.15) is 0 Å². The maximum absolute atomic E-state index is 13.3.